The summed E-state index contributed by atoms with van der Waals surface area (Å²) in [5.41, 5.74) is 3.80. The molecular formula is C13H16FN3. The molecule has 0 spiro atoms. The van der Waals surface area contributed by atoms with Crippen molar-refractivity contribution in [1.29, 1.82) is 0 Å². The zero-order chi connectivity index (χ0) is 12.4. The summed E-state index contributed by atoms with van der Waals surface area (Å²) in [6, 6.07) is 5.17. The van der Waals surface area contributed by atoms with Crippen molar-refractivity contribution in [1.82, 2.24) is 15.1 Å². The first-order valence-corrected chi connectivity index (χ1v) is 5.55. The maximum absolute atomic E-state index is 13.5. The second kappa shape index (κ2) is 4.67. The third-order valence-corrected chi connectivity index (χ3v) is 2.96. The SMILES string of the molecule is CNCc1cc(-c2cnn(C)c2C)ccc1F. The Kier molecular flexibility index (Phi) is 3.24. The smallest absolute Gasteiger partial charge is 0.127 e. The van der Waals surface area contributed by atoms with Crippen LogP contribution in [0.25, 0.3) is 11.1 Å². The molecule has 0 saturated heterocycles. The summed E-state index contributed by atoms with van der Waals surface area (Å²) in [7, 11) is 3.71. The van der Waals surface area contributed by atoms with Crippen LogP contribution in [0.2, 0.25) is 0 Å². The average molecular weight is 233 g/mol. The summed E-state index contributed by atoms with van der Waals surface area (Å²) in [5, 5.41) is 7.16. The van der Waals surface area contributed by atoms with Crippen LogP contribution in [-0.2, 0) is 13.6 Å². The van der Waals surface area contributed by atoms with Gasteiger partial charge in [0.2, 0.25) is 0 Å². The van der Waals surface area contributed by atoms with E-state index in [9.17, 15) is 4.39 Å². The van der Waals surface area contributed by atoms with Gasteiger partial charge in [-0.3, -0.25) is 4.68 Å². The van der Waals surface area contributed by atoms with Gasteiger partial charge >= 0.3 is 0 Å². The standard InChI is InChI=1S/C13H16FN3/c1-9-12(8-16-17(9)3)10-4-5-13(14)11(6-10)7-15-2/h4-6,8,15H,7H2,1-3H3. The summed E-state index contributed by atoms with van der Waals surface area (Å²) < 4.78 is 15.3. The van der Waals surface area contributed by atoms with Gasteiger partial charge in [-0.1, -0.05) is 6.07 Å². The molecule has 3 nitrogen and oxygen atoms in total. The fourth-order valence-corrected chi connectivity index (χ4v) is 1.85. The highest BCUT2D eigenvalue weighted by Crippen LogP contribution is 2.24. The van der Waals surface area contributed by atoms with Gasteiger partial charge in [-0.15, -0.1) is 0 Å². The maximum Gasteiger partial charge on any atom is 0.127 e. The van der Waals surface area contributed by atoms with E-state index < -0.39 is 0 Å². The Bertz CT molecular complexity index is 531. The van der Waals surface area contributed by atoms with E-state index in [0.29, 0.717) is 12.1 Å². The van der Waals surface area contributed by atoms with Gasteiger partial charge in [0.1, 0.15) is 5.82 Å². The van der Waals surface area contributed by atoms with E-state index in [2.05, 4.69) is 10.4 Å². The van der Waals surface area contributed by atoms with Crippen LogP contribution in [0.3, 0.4) is 0 Å². The number of benzene rings is 1. The molecule has 0 fully saturated rings. The molecule has 1 N–H and O–H groups in total. The summed E-state index contributed by atoms with van der Waals surface area (Å²) in [5.74, 6) is -0.176. The highest BCUT2D eigenvalue weighted by molar-refractivity contribution is 5.65. The van der Waals surface area contributed by atoms with Gasteiger partial charge in [-0.05, 0) is 31.7 Å². The second-order valence-corrected chi connectivity index (χ2v) is 4.10. The predicted octanol–water partition coefficient (Wildman–Crippen LogP) is 2.25. The minimum absolute atomic E-state index is 0.176. The highest BCUT2D eigenvalue weighted by Gasteiger charge is 2.09. The van der Waals surface area contributed by atoms with Gasteiger partial charge in [0.15, 0.2) is 0 Å². The first kappa shape index (κ1) is 11.8. The normalized spacial score (nSPS) is 10.8. The van der Waals surface area contributed by atoms with Crippen molar-refractivity contribution in [3.63, 3.8) is 0 Å². The van der Waals surface area contributed by atoms with Crippen molar-refractivity contribution in [2.24, 2.45) is 7.05 Å². The predicted molar refractivity (Wildman–Crippen MR) is 66.1 cm³/mol. The molecule has 0 amide bonds. The lowest BCUT2D eigenvalue weighted by Gasteiger charge is -2.06. The molecule has 1 heterocycles. The number of rotatable bonds is 3. The molecule has 0 atom stereocenters. The van der Waals surface area contributed by atoms with Crippen molar-refractivity contribution in [2.45, 2.75) is 13.5 Å². The van der Waals surface area contributed by atoms with E-state index >= 15 is 0 Å². The Morgan fingerprint density at radius 3 is 2.76 bits per heavy atom. The Morgan fingerprint density at radius 1 is 1.41 bits per heavy atom. The number of hydrogen-bond acceptors (Lipinski definition) is 2. The minimum atomic E-state index is -0.176. The van der Waals surface area contributed by atoms with Gasteiger partial charge in [0.05, 0.1) is 6.20 Å². The molecule has 0 aliphatic heterocycles. The number of halogens is 1. The quantitative estimate of drug-likeness (QED) is 0.881. The molecule has 0 saturated carbocycles. The third-order valence-electron chi connectivity index (χ3n) is 2.96. The van der Waals surface area contributed by atoms with Gasteiger partial charge < -0.3 is 5.32 Å². The molecule has 2 aromatic rings. The fraction of sp³-hybridized carbons (Fsp3) is 0.308. The van der Waals surface area contributed by atoms with Crippen LogP contribution in [0, 0.1) is 12.7 Å². The van der Waals surface area contributed by atoms with Gasteiger partial charge in [-0.25, -0.2) is 4.39 Å². The molecule has 0 bridgehead atoms. The molecule has 1 aromatic heterocycles. The molecule has 17 heavy (non-hydrogen) atoms. The van der Waals surface area contributed by atoms with Crippen LogP contribution in [-0.4, -0.2) is 16.8 Å². The molecule has 90 valence electrons. The fourth-order valence-electron chi connectivity index (χ4n) is 1.85. The van der Waals surface area contributed by atoms with Crippen LogP contribution in [0.15, 0.2) is 24.4 Å². The largest absolute Gasteiger partial charge is 0.316 e. The second-order valence-electron chi connectivity index (χ2n) is 4.10. The first-order valence-electron chi connectivity index (χ1n) is 5.55. The monoisotopic (exact) mass is 233 g/mol. The minimum Gasteiger partial charge on any atom is -0.316 e. The zero-order valence-corrected chi connectivity index (χ0v) is 10.3. The number of nitrogens with zero attached hydrogens (tertiary/aromatic N) is 2. The first-order chi connectivity index (χ1) is 8.13. The number of aryl methyl sites for hydroxylation is 1. The van der Waals surface area contributed by atoms with E-state index in [0.717, 1.165) is 16.8 Å². The van der Waals surface area contributed by atoms with Gasteiger partial charge in [0, 0.05) is 30.4 Å². The number of nitrogens with one attached hydrogen (secondary N) is 1. The summed E-state index contributed by atoms with van der Waals surface area (Å²) in [6.07, 6.45) is 1.81. The van der Waals surface area contributed by atoms with Crippen LogP contribution in [0.1, 0.15) is 11.3 Å². The molecule has 0 aliphatic rings. The van der Waals surface area contributed by atoms with E-state index in [1.165, 1.54) is 6.07 Å². The van der Waals surface area contributed by atoms with Crippen LogP contribution < -0.4 is 5.32 Å². The number of hydrogen-bond donors (Lipinski definition) is 1. The van der Waals surface area contributed by atoms with Crippen molar-refractivity contribution < 1.29 is 4.39 Å². The highest BCUT2D eigenvalue weighted by atomic mass is 19.1. The Hall–Kier alpha value is -1.68. The van der Waals surface area contributed by atoms with Crippen LogP contribution in [0.5, 0.6) is 0 Å². The topological polar surface area (TPSA) is 29.9 Å². The summed E-state index contributed by atoms with van der Waals surface area (Å²) >= 11 is 0. The lowest BCUT2D eigenvalue weighted by Crippen LogP contribution is -2.07. The molecule has 0 aliphatic carbocycles. The van der Waals surface area contributed by atoms with E-state index in [1.807, 2.05) is 30.9 Å². The van der Waals surface area contributed by atoms with Crippen LogP contribution in [0.4, 0.5) is 4.39 Å². The van der Waals surface area contributed by atoms with E-state index in [-0.39, 0.29) is 5.82 Å². The maximum atomic E-state index is 13.5. The molecule has 0 radical (unpaired) electrons. The molecule has 4 heteroatoms. The van der Waals surface area contributed by atoms with Crippen molar-refractivity contribution >= 4 is 0 Å². The molecule has 2 rings (SSSR count). The molecular weight excluding hydrogens is 217 g/mol. The van der Waals surface area contributed by atoms with E-state index in [1.54, 1.807) is 13.1 Å². The van der Waals surface area contributed by atoms with Crippen molar-refractivity contribution in [3.8, 4) is 11.1 Å². The summed E-state index contributed by atoms with van der Waals surface area (Å²) in [6.45, 7) is 2.53. The molecule has 1 aromatic carbocycles. The van der Waals surface area contributed by atoms with Gasteiger partial charge in [-0.2, -0.15) is 5.10 Å². The zero-order valence-electron chi connectivity index (χ0n) is 10.3. The van der Waals surface area contributed by atoms with Crippen molar-refractivity contribution in [2.75, 3.05) is 7.05 Å². The lowest BCUT2D eigenvalue weighted by atomic mass is 10.0. The average Bonchev–Trinajstić information content (AvgIpc) is 2.64. The Labute approximate surface area is 100 Å². The Balaban J connectivity index is 2.46. The summed E-state index contributed by atoms with van der Waals surface area (Å²) in [4.78, 5) is 0. The molecule has 0 unspecified atom stereocenters. The van der Waals surface area contributed by atoms with Crippen LogP contribution >= 0.6 is 0 Å². The third kappa shape index (κ3) is 2.22. The van der Waals surface area contributed by atoms with E-state index in [4.69, 9.17) is 0 Å². The lowest BCUT2D eigenvalue weighted by molar-refractivity contribution is 0.601. The van der Waals surface area contributed by atoms with Crippen molar-refractivity contribution in [3.05, 3.63) is 41.5 Å². The number of aromatic nitrogens is 2. The van der Waals surface area contributed by atoms with Gasteiger partial charge in [0.25, 0.3) is 0 Å². The Morgan fingerprint density at radius 2 is 2.18 bits per heavy atom.